The third-order valence-corrected chi connectivity index (χ3v) is 4.14. The highest BCUT2D eigenvalue weighted by molar-refractivity contribution is 5.72. The molecule has 1 unspecified atom stereocenters. The first-order valence-electron chi connectivity index (χ1n) is 9.99. The smallest absolute Gasteiger partial charge is 0.306 e. The van der Waals surface area contributed by atoms with E-state index in [2.05, 4.69) is 13.8 Å². The van der Waals surface area contributed by atoms with Crippen molar-refractivity contribution in [1.29, 1.82) is 0 Å². The summed E-state index contributed by atoms with van der Waals surface area (Å²) in [5, 5.41) is 0. The van der Waals surface area contributed by atoms with Crippen LogP contribution in [0.1, 0.15) is 104 Å². The van der Waals surface area contributed by atoms with E-state index in [1.165, 1.54) is 32.1 Å². The van der Waals surface area contributed by atoms with Crippen molar-refractivity contribution in [2.45, 2.75) is 110 Å². The van der Waals surface area contributed by atoms with Crippen molar-refractivity contribution in [3.63, 3.8) is 0 Å². The first-order chi connectivity index (χ1) is 11.6. The van der Waals surface area contributed by atoms with Crippen molar-refractivity contribution in [3.05, 3.63) is 0 Å². The largest absolute Gasteiger partial charge is 0.466 e. The van der Waals surface area contributed by atoms with E-state index in [1.807, 2.05) is 6.92 Å². The maximum Gasteiger partial charge on any atom is 0.306 e. The molecule has 0 fully saturated rings. The van der Waals surface area contributed by atoms with Gasteiger partial charge in [-0.1, -0.05) is 65.7 Å². The number of esters is 2. The van der Waals surface area contributed by atoms with Gasteiger partial charge in [-0.3, -0.25) is 9.59 Å². The number of ether oxygens (including phenoxy) is 2. The van der Waals surface area contributed by atoms with Crippen LogP contribution in [-0.2, 0) is 19.1 Å². The fraction of sp³-hybridized carbons (Fsp3) is 0.900. The highest BCUT2D eigenvalue weighted by Crippen LogP contribution is 2.10. The Morgan fingerprint density at radius 1 is 0.750 bits per heavy atom. The molecule has 4 nitrogen and oxygen atoms in total. The molecule has 0 spiro atoms. The van der Waals surface area contributed by atoms with E-state index < -0.39 is 0 Å². The lowest BCUT2D eigenvalue weighted by atomic mass is 10.1. The lowest BCUT2D eigenvalue weighted by molar-refractivity contribution is -0.150. The van der Waals surface area contributed by atoms with Gasteiger partial charge in [0.25, 0.3) is 0 Å². The fourth-order valence-electron chi connectivity index (χ4n) is 2.61. The van der Waals surface area contributed by atoms with Crippen molar-refractivity contribution in [1.82, 2.24) is 0 Å². The second-order valence-corrected chi connectivity index (χ2v) is 6.50. The van der Waals surface area contributed by atoms with Gasteiger partial charge < -0.3 is 9.47 Å². The maximum atomic E-state index is 11.7. The van der Waals surface area contributed by atoms with Crippen LogP contribution in [0.25, 0.3) is 0 Å². The Kier molecular flexibility index (Phi) is 16.0. The second kappa shape index (κ2) is 16.8. The molecule has 0 amide bonds. The average Bonchev–Trinajstić information content (AvgIpc) is 2.56. The Morgan fingerprint density at radius 3 is 2.00 bits per heavy atom. The summed E-state index contributed by atoms with van der Waals surface area (Å²) >= 11 is 0. The molecule has 24 heavy (non-hydrogen) atoms. The third-order valence-electron chi connectivity index (χ3n) is 4.14. The zero-order valence-corrected chi connectivity index (χ0v) is 16.1. The van der Waals surface area contributed by atoms with Crippen LogP contribution in [0.4, 0.5) is 0 Å². The lowest BCUT2D eigenvalue weighted by Gasteiger charge is -2.15. The van der Waals surface area contributed by atoms with Crippen LogP contribution < -0.4 is 0 Å². The zero-order valence-electron chi connectivity index (χ0n) is 16.1. The highest BCUT2D eigenvalue weighted by atomic mass is 16.5. The molecule has 0 radical (unpaired) electrons. The van der Waals surface area contributed by atoms with Crippen molar-refractivity contribution in [3.8, 4) is 0 Å². The molecule has 0 rings (SSSR count). The number of rotatable bonds is 16. The second-order valence-electron chi connectivity index (χ2n) is 6.50. The molecular formula is C20H38O4. The van der Waals surface area contributed by atoms with E-state index in [9.17, 15) is 9.59 Å². The molecule has 142 valence electrons. The molecule has 0 aromatic carbocycles. The lowest BCUT2D eigenvalue weighted by Crippen LogP contribution is -2.17. The monoisotopic (exact) mass is 342 g/mol. The molecule has 1 atom stereocenters. The Labute approximate surface area is 148 Å². The van der Waals surface area contributed by atoms with Crippen LogP contribution >= 0.6 is 0 Å². The van der Waals surface area contributed by atoms with Gasteiger partial charge in [0.15, 0.2) is 0 Å². The van der Waals surface area contributed by atoms with E-state index in [4.69, 9.17) is 9.47 Å². The molecule has 0 saturated carbocycles. The minimum Gasteiger partial charge on any atom is -0.466 e. The standard InChI is InChI=1S/C20H38O4/c1-4-7-8-9-10-11-12-17-23-19(21)15-13-16-20(22)24-18(6-3)14-5-2/h18H,4-17H2,1-3H3. The average molecular weight is 343 g/mol. The van der Waals surface area contributed by atoms with Crippen molar-refractivity contribution < 1.29 is 19.1 Å². The molecule has 4 heteroatoms. The number of hydrogen-bond donors (Lipinski definition) is 0. The Bertz CT molecular complexity index is 315. The number of hydrogen-bond acceptors (Lipinski definition) is 4. The molecule has 0 N–H and O–H groups in total. The van der Waals surface area contributed by atoms with Crippen LogP contribution in [-0.4, -0.2) is 24.6 Å². The first-order valence-corrected chi connectivity index (χ1v) is 9.99. The summed E-state index contributed by atoms with van der Waals surface area (Å²) in [5.74, 6) is -0.399. The van der Waals surface area contributed by atoms with Gasteiger partial charge in [0.1, 0.15) is 6.10 Å². The third kappa shape index (κ3) is 14.5. The van der Waals surface area contributed by atoms with E-state index in [-0.39, 0.29) is 18.0 Å². The van der Waals surface area contributed by atoms with E-state index >= 15 is 0 Å². The topological polar surface area (TPSA) is 52.6 Å². The van der Waals surface area contributed by atoms with Gasteiger partial charge in [-0.15, -0.1) is 0 Å². The van der Waals surface area contributed by atoms with E-state index in [0.717, 1.165) is 32.1 Å². The van der Waals surface area contributed by atoms with Gasteiger partial charge in [-0.2, -0.15) is 0 Å². The Morgan fingerprint density at radius 2 is 1.38 bits per heavy atom. The van der Waals surface area contributed by atoms with E-state index in [1.54, 1.807) is 0 Å². The first kappa shape index (κ1) is 22.9. The van der Waals surface area contributed by atoms with Crippen LogP contribution in [0.3, 0.4) is 0 Å². The van der Waals surface area contributed by atoms with Gasteiger partial charge in [0, 0.05) is 12.8 Å². The summed E-state index contributed by atoms with van der Waals surface area (Å²) in [4.78, 5) is 23.3. The molecule has 0 saturated heterocycles. The summed E-state index contributed by atoms with van der Waals surface area (Å²) in [6, 6.07) is 0. The Balaban J connectivity index is 3.50. The van der Waals surface area contributed by atoms with Crippen molar-refractivity contribution in [2.24, 2.45) is 0 Å². The van der Waals surface area contributed by atoms with Crippen LogP contribution in [0, 0.1) is 0 Å². The summed E-state index contributed by atoms with van der Waals surface area (Å²) < 4.78 is 10.6. The van der Waals surface area contributed by atoms with Gasteiger partial charge >= 0.3 is 11.9 Å². The fourth-order valence-corrected chi connectivity index (χ4v) is 2.61. The summed E-state index contributed by atoms with van der Waals surface area (Å²) in [6.07, 6.45) is 12.3. The predicted octanol–water partition coefficient (Wildman–Crippen LogP) is 5.57. The molecule has 0 aromatic rings. The van der Waals surface area contributed by atoms with Gasteiger partial charge in [-0.25, -0.2) is 0 Å². The maximum absolute atomic E-state index is 11.7. The van der Waals surface area contributed by atoms with Gasteiger partial charge in [-0.05, 0) is 25.7 Å². The molecule has 0 aromatic heterocycles. The molecule has 0 heterocycles. The molecular weight excluding hydrogens is 304 g/mol. The SMILES string of the molecule is CCCCCCCCCOC(=O)CCCC(=O)OC(CC)CCC. The zero-order chi connectivity index (χ0) is 18.0. The highest BCUT2D eigenvalue weighted by Gasteiger charge is 2.12. The van der Waals surface area contributed by atoms with Crippen LogP contribution in [0.15, 0.2) is 0 Å². The van der Waals surface area contributed by atoms with Gasteiger partial charge in [0.05, 0.1) is 6.61 Å². The quantitative estimate of drug-likeness (QED) is 0.272. The van der Waals surface area contributed by atoms with Gasteiger partial charge in [0.2, 0.25) is 0 Å². The predicted molar refractivity (Wildman–Crippen MR) is 97.9 cm³/mol. The minimum absolute atomic E-state index is 0.0202. The summed E-state index contributed by atoms with van der Waals surface area (Å²) in [5.41, 5.74) is 0. The number of carbonyl (C=O) groups is 2. The van der Waals surface area contributed by atoms with Crippen molar-refractivity contribution in [2.75, 3.05) is 6.61 Å². The molecule has 0 aliphatic heterocycles. The van der Waals surface area contributed by atoms with Crippen LogP contribution in [0.2, 0.25) is 0 Å². The summed E-state index contributed by atoms with van der Waals surface area (Å²) in [7, 11) is 0. The summed E-state index contributed by atoms with van der Waals surface area (Å²) in [6.45, 7) is 6.82. The van der Waals surface area contributed by atoms with Crippen LogP contribution in [0.5, 0.6) is 0 Å². The van der Waals surface area contributed by atoms with Crippen molar-refractivity contribution >= 4 is 11.9 Å². The minimum atomic E-state index is -0.200. The number of unbranched alkanes of at least 4 members (excludes halogenated alkanes) is 6. The normalized spacial score (nSPS) is 12.0. The molecule has 0 aliphatic carbocycles. The Hall–Kier alpha value is -1.06. The molecule has 0 aliphatic rings. The number of carbonyl (C=O) groups excluding carboxylic acids is 2. The van der Waals surface area contributed by atoms with E-state index in [0.29, 0.717) is 25.9 Å². The molecule has 0 bridgehead atoms.